The van der Waals surface area contributed by atoms with E-state index in [-0.39, 0.29) is 10.6 Å². The number of nitrogens with one attached hydrogen (secondary N) is 1. The van der Waals surface area contributed by atoms with Crippen molar-refractivity contribution in [1.29, 1.82) is 0 Å². The molecule has 1 atom stereocenters. The van der Waals surface area contributed by atoms with Crippen molar-refractivity contribution in [3.8, 4) is 5.75 Å². The van der Waals surface area contributed by atoms with Gasteiger partial charge in [0.1, 0.15) is 11.8 Å². The van der Waals surface area contributed by atoms with Gasteiger partial charge in [-0.1, -0.05) is 0 Å². The van der Waals surface area contributed by atoms with Crippen LogP contribution in [0.4, 0.5) is 0 Å². The number of aliphatic carboxylic acids is 1. The zero-order valence-corrected chi connectivity index (χ0v) is 9.23. The lowest BCUT2D eigenvalue weighted by Crippen LogP contribution is -2.38. The number of aromatic hydroxyl groups is 1. The average Bonchev–Trinajstić information content (AvgIpc) is 2.17. The predicted octanol–water partition coefficient (Wildman–Crippen LogP) is 0.144. The van der Waals surface area contributed by atoms with Crippen molar-refractivity contribution in [3.05, 3.63) is 24.3 Å². The molecular weight excluding hydrogens is 234 g/mol. The van der Waals surface area contributed by atoms with E-state index >= 15 is 0 Å². The quantitative estimate of drug-likeness (QED) is 0.700. The monoisotopic (exact) mass is 245 g/mol. The second-order valence-electron chi connectivity index (χ2n) is 3.18. The minimum atomic E-state index is -3.86. The van der Waals surface area contributed by atoms with Gasteiger partial charge in [-0.2, -0.15) is 4.72 Å². The Morgan fingerprint density at radius 2 is 1.81 bits per heavy atom. The van der Waals surface area contributed by atoms with E-state index in [9.17, 15) is 13.2 Å². The van der Waals surface area contributed by atoms with E-state index in [0.29, 0.717) is 0 Å². The lowest BCUT2D eigenvalue weighted by molar-refractivity contribution is -0.138. The van der Waals surface area contributed by atoms with Gasteiger partial charge < -0.3 is 10.2 Å². The highest BCUT2D eigenvalue weighted by Crippen LogP contribution is 2.14. The molecule has 0 fully saturated rings. The summed E-state index contributed by atoms with van der Waals surface area (Å²) in [6.07, 6.45) is 0. The van der Waals surface area contributed by atoms with Gasteiger partial charge in [-0.3, -0.25) is 4.79 Å². The molecule has 0 saturated heterocycles. The third kappa shape index (κ3) is 2.94. The summed E-state index contributed by atoms with van der Waals surface area (Å²) in [7, 11) is -3.86. The third-order valence-electron chi connectivity index (χ3n) is 1.85. The first-order valence-electron chi connectivity index (χ1n) is 4.37. The predicted molar refractivity (Wildman–Crippen MR) is 55.5 cm³/mol. The Morgan fingerprint density at radius 1 is 1.31 bits per heavy atom. The minimum absolute atomic E-state index is 0.0646. The van der Waals surface area contributed by atoms with Crippen molar-refractivity contribution in [2.75, 3.05) is 0 Å². The third-order valence-corrected chi connectivity index (χ3v) is 3.41. The SMILES string of the molecule is CC(NS(=O)(=O)c1ccc(O)cc1)C(=O)O. The zero-order chi connectivity index (χ0) is 12.3. The van der Waals surface area contributed by atoms with Gasteiger partial charge >= 0.3 is 5.97 Å². The van der Waals surface area contributed by atoms with Crippen LogP contribution in [-0.4, -0.2) is 30.6 Å². The average molecular weight is 245 g/mol. The molecule has 0 spiro atoms. The van der Waals surface area contributed by atoms with Gasteiger partial charge in [0.15, 0.2) is 0 Å². The van der Waals surface area contributed by atoms with E-state index in [0.717, 1.165) is 0 Å². The summed E-state index contributed by atoms with van der Waals surface area (Å²) in [4.78, 5) is 10.4. The van der Waals surface area contributed by atoms with Crippen molar-refractivity contribution >= 4 is 16.0 Å². The van der Waals surface area contributed by atoms with E-state index in [1.165, 1.54) is 31.2 Å². The summed E-state index contributed by atoms with van der Waals surface area (Å²) >= 11 is 0. The maximum Gasteiger partial charge on any atom is 0.321 e. The highest BCUT2D eigenvalue weighted by atomic mass is 32.2. The first-order valence-corrected chi connectivity index (χ1v) is 5.85. The molecule has 1 unspecified atom stereocenters. The lowest BCUT2D eigenvalue weighted by atomic mass is 10.3. The number of carbonyl (C=O) groups is 1. The Balaban J connectivity index is 2.94. The standard InChI is InChI=1S/C9H11NO5S/c1-6(9(12)13)10-16(14,15)8-4-2-7(11)3-5-8/h2-6,10-11H,1H3,(H,12,13). The van der Waals surface area contributed by atoms with Crippen LogP contribution in [0.25, 0.3) is 0 Å². The molecule has 0 bridgehead atoms. The van der Waals surface area contributed by atoms with Crippen LogP contribution in [0.15, 0.2) is 29.2 Å². The molecule has 0 aliphatic heterocycles. The molecule has 0 aliphatic rings. The summed E-state index contributed by atoms with van der Waals surface area (Å²) in [6.45, 7) is 1.22. The highest BCUT2D eigenvalue weighted by Gasteiger charge is 2.21. The van der Waals surface area contributed by atoms with Gasteiger partial charge in [0.2, 0.25) is 10.0 Å². The van der Waals surface area contributed by atoms with Crippen LogP contribution in [0.5, 0.6) is 5.75 Å². The molecule has 6 nitrogen and oxygen atoms in total. The highest BCUT2D eigenvalue weighted by molar-refractivity contribution is 7.89. The molecule has 1 rings (SSSR count). The molecule has 7 heteroatoms. The van der Waals surface area contributed by atoms with Crippen LogP contribution in [0.3, 0.4) is 0 Å². The summed E-state index contributed by atoms with van der Waals surface area (Å²) in [5, 5.41) is 17.6. The van der Waals surface area contributed by atoms with E-state index < -0.39 is 22.0 Å². The number of carboxylic acids is 1. The van der Waals surface area contributed by atoms with Crippen LogP contribution in [0.1, 0.15) is 6.92 Å². The number of phenols is 1. The van der Waals surface area contributed by atoms with Crippen molar-refractivity contribution in [2.24, 2.45) is 0 Å². The Labute approximate surface area is 92.6 Å². The van der Waals surface area contributed by atoms with Gasteiger partial charge in [-0.25, -0.2) is 8.42 Å². The smallest absolute Gasteiger partial charge is 0.321 e. The van der Waals surface area contributed by atoms with Gasteiger partial charge in [-0.05, 0) is 31.2 Å². The van der Waals surface area contributed by atoms with Crippen LogP contribution in [0.2, 0.25) is 0 Å². The van der Waals surface area contributed by atoms with Gasteiger partial charge in [0.25, 0.3) is 0 Å². The van der Waals surface area contributed by atoms with Gasteiger partial charge in [-0.15, -0.1) is 0 Å². The molecule has 0 heterocycles. The topological polar surface area (TPSA) is 104 Å². The van der Waals surface area contributed by atoms with Crippen LogP contribution >= 0.6 is 0 Å². The minimum Gasteiger partial charge on any atom is -0.508 e. The molecular formula is C9H11NO5S. The van der Waals surface area contributed by atoms with Crippen molar-refractivity contribution in [3.63, 3.8) is 0 Å². The van der Waals surface area contributed by atoms with Crippen LogP contribution in [-0.2, 0) is 14.8 Å². The molecule has 0 radical (unpaired) electrons. The van der Waals surface area contributed by atoms with Crippen LogP contribution < -0.4 is 4.72 Å². The first kappa shape index (κ1) is 12.5. The molecule has 0 amide bonds. The number of hydrogen-bond acceptors (Lipinski definition) is 4. The van der Waals surface area contributed by atoms with E-state index in [2.05, 4.69) is 0 Å². The Hall–Kier alpha value is -1.60. The molecule has 1 aromatic carbocycles. The van der Waals surface area contributed by atoms with Crippen molar-refractivity contribution in [2.45, 2.75) is 17.9 Å². The summed E-state index contributed by atoms with van der Waals surface area (Å²) < 4.78 is 25.2. The number of sulfonamides is 1. The largest absolute Gasteiger partial charge is 0.508 e. The normalized spacial score (nSPS) is 13.3. The number of phenolic OH excluding ortho intramolecular Hbond substituents is 1. The fraction of sp³-hybridized carbons (Fsp3) is 0.222. The molecule has 1 aromatic rings. The Kier molecular flexibility index (Phi) is 3.51. The second-order valence-corrected chi connectivity index (χ2v) is 4.89. The zero-order valence-electron chi connectivity index (χ0n) is 8.41. The maximum atomic E-state index is 11.6. The van der Waals surface area contributed by atoms with Crippen LogP contribution in [0, 0.1) is 0 Å². The van der Waals surface area contributed by atoms with E-state index in [1.54, 1.807) is 0 Å². The van der Waals surface area contributed by atoms with Crippen molar-refractivity contribution < 1.29 is 23.4 Å². The summed E-state index contributed by atoms with van der Waals surface area (Å²) in [6, 6.07) is 3.58. The van der Waals surface area contributed by atoms with E-state index in [4.69, 9.17) is 10.2 Å². The molecule has 0 aliphatic carbocycles. The number of rotatable bonds is 4. The fourth-order valence-corrected chi connectivity index (χ4v) is 2.17. The Bertz CT molecular complexity index is 479. The second kappa shape index (κ2) is 4.50. The van der Waals surface area contributed by atoms with Gasteiger partial charge in [0, 0.05) is 0 Å². The number of benzene rings is 1. The Morgan fingerprint density at radius 3 is 2.25 bits per heavy atom. The summed E-state index contributed by atoms with van der Waals surface area (Å²) in [5.74, 6) is -1.33. The number of carboxylic acid groups (broad SMARTS) is 1. The van der Waals surface area contributed by atoms with E-state index in [1.807, 2.05) is 4.72 Å². The molecule has 3 N–H and O–H groups in total. The first-order chi connectivity index (χ1) is 7.33. The lowest BCUT2D eigenvalue weighted by Gasteiger charge is -2.09. The molecule has 88 valence electrons. The number of hydrogen-bond donors (Lipinski definition) is 3. The molecule has 16 heavy (non-hydrogen) atoms. The van der Waals surface area contributed by atoms with Gasteiger partial charge in [0.05, 0.1) is 4.90 Å². The fourth-order valence-electron chi connectivity index (χ4n) is 0.976. The van der Waals surface area contributed by atoms with Crippen molar-refractivity contribution in [1.82, 2.24) is 4.72 Å². The molecule has 0 saturated carbocycles. The maximum absolute atomic E-state index is 11.6. The molecule has 0 aromatic heterocycles. The summed E-state index contributed by atoms with van der Waals surface area (Å²) in [5.41, 5.74) is 0.